The zero-order valence-electron chi connectivity index (χ0n) is 15.1. The predicted octanol–water partition coefficient (Wildman–Crippen LogP) is 4.40. The van der Waals surface area contributed by atoms with Crippen LogP contribution in [0.4, 0.5) is 10.1 Å². The Morgan fingerprint density at radius 1 is 1.15 bits per heavy atom. The predicted molar refractivity (Wildman–Crippen MR) is 105 cm³/mol. The van der Waals surface area contributed by atoms with E-state index in [0.717, 1.165) is 18.4 Å². The molecule has 1 atom stereocenters. The van der Waals surface area contributed by atoms with Crippen molar-refractivity contribution < 1.29 is 14.0 Å². The summed E-state index contributed by atoms with van der Waals surface area (Å²) in [5.41, 5.74) is 1.21. The number of nitrogens with zero attached hydrogens (tertiary/aromatic N) is 1. The number of benzene rings is 2. The van der Waals surface area contributed by atoms with Gasteiger partial charge in [-0.1, -0.05) is 41.9 Å². The number of hydrogen-bond acceptors (Lipinski definition) is 3. The van der Waals surface area contributed by atoms with E-state index in [4.69, 9.17) is 11.6 Å². The van der Waals surface area contributed by atoms with E-state index >= 15 is 0 Å². The summed E-state index contributed by atoms with van der Waals surface area (Å²) in [7, 11) is 0. The third-order valence-electron chi connectivity index (χ3n) is 5.07. The van der Waals surface area contributed by atoms with Gasteiger partial charge in [0.2, 0.25) is 5.91 Å². The lowest BCUT2D eigenvalue weighted by molar-refractivity contribution is -0.121. The van der Waals surface area contributed by atoms with Crippen LogP contribution < -0.4 is 5.32 Å². The lowest BCUT2D eigenvalue weighted by atomic mass is 9.88. The molecule has 142 valence electrons. The molecule has 2 aromatic rings. The average Bonchev–Trinajstić information content (AvgIpc) is 2.70. The van der Waals surface area contributed by atoms with E-state index in [0.29, 0.717) is 18.8 Å². The summed E-state index contributed by atoms with van der Waals surface area (Å²) in [6, 6.07) is 13.1. The van der Waals surface area contributed by atoms with E-state index < -0.39 is 5.82 Å². The summed E-state index contributed by atoms with van der Waals surface area (Å²) in [6.07, 6.45) is 1.46. The van der Waals surface area contributed by atoms with Gasteiger partial charge in [-0.05, 0) is 51.1 Å². The Morgan fingerprint density at radius 2 is 1.81 bits per heavy atom. The van der Waals surface area contributed by atoms with Gasteiger partial charge in [0.25, 0.3) is 0 Å². The number of rotatable bonds is 5. The number of ketones is 1. The van der Waals surface area contributed by atoms with Crippen molar-refractivity contribution in [3.05, 3.63) is 64.9 Å². The van der Waals surface area contributed by atoms with E-state index in [1.807, 2.05) is 37.3 Å². The second kappa shape index (κ2) is 8.63. The molecule has 0 saturated carbocycles. The van der Waals surface area contributed by atoms with Crippen molar-refractivity contribution in [3.63, 3.8) is 0 Å². The molecule has 1 N–H and O–H groups in total. The molecule has 0 aliphatic carbocycles. The summed E-state index contributed by atoms with van der Waals surface area (Å²) in [4.78, 5) is 27.1. The van der Waals surface area contributed by atoms with Gasteiger partial charge in [-0.3, -0.25) is 14.5 Å². The molecule has 1 aliphatic heterocycles. The quantitative estimate of drug-likeness (QED) is 0.772. The first-order valence-electron chi connectivity index (χ1n) is 9.05. The van der Waals surface area contributed by atoms with Crippen LogP contribution in [0.1, 0.15) is 30.1 Å². The molecule has 2 aromatic carbocycles. The molecular weight excluding hydrogens is 367 g/mol. The third-order valence-corrected chi connectivity index (χ3v) is 5.36. The molecule has 1 unspecified atom stereocenters. The van der Waals surface area contributed by atoms with Crippen LogP contribution in [0.15, 0.2) is 48.5 Å². The molecule has 3 rings (SSSR count). The molecular formula is C21H22ClFN2O2. The van der Waals surface area contributed by atoms with Gasteiger partial charge < -0.3 is 5.32 Å². The number of hydrogen-bond donors (Lipinski definition) is 1. The lowest BCUT2D eigenvalue weighted by Gasteiger charge is -2.34. The molecule has 0 radical (unpaired) electrons. The summed E-state index contributed by atoms with van der Waals surface area (Å²) in [5, 5.41) is 2.74. The summed E-state index contributed by atoms with van der Waals surface area (Å²) >= 11 is 5.75. The number of halogens is 2. The molecule has 0 bridgehead atoms. The Hall–Kier alpha value is -2.24. The van der Waals surface area contributed by atoms with Gasteiger partial charge in [0.05, 0.1) is 11.1 Å². The normalized spacial score (nSPS) is 16.7. The fourth-order valence-electron chi connectivity index (χ4n) is 3.37. The van der Waals surface area contributed by atoms with E-state index in [-0.39, 0.29) is 28.7 Å². The van der Waals surface area contributed by atoms with Gasteiger partial charge in [0.15, 0.2) is 5.78 Å². The van der Waals surface area contributed by atoms with Crippen molar-refractivity contribution in [1.82, 2.24) is 4.90 Å². The molecule has 6 heteroatoms. The highest BCUT2D eigenvalue weighted by Gasteiger charge is 2.30. The Labute approximate surface area is 163 Å². The average molecular weight is 389 g/mol. The molecule has 1 amide bonds. The van der Waals surface area contributed by atoms with Crippen LogP contribution in [0.3, 0.4) is 0 Å². The molecule has 4 nitrogen and oxygen atoms in total. The van der Waals surface area contributed by atoms with E-state index in [1.165, 1.54) is 18.2 Å². The first-order chi connectivity index (χ1) is 13.0. The monoisotopic (exact) mass is 388 g/mol. The molecule has 27 heavy (non-hydrogen) atoms. The first kappa shape index (κ1) is 19.5. The number of likely N-dealkylation sites (tertiary alicyclic amines) is 1. The van der Waals surface area contributed by atoms with Gasteiger partial charge in [-0.25, -0.2) is 4.39 Å². The number of amides is 1. The van der Waals surface area contributed by atoms with Crippen molar-refractivity contribution in [3.8, 4) is 0 Å². The van der Waals surface area contributed by atoms with Crippen molar-refractivity contribution in [2.45, 2.75) is 25.8 Å². The van der Waals surface area contributed by atoms with Crippen LogP contribution in [0, 0.1) is 11.7 Å². The van der Waals surface area contributed by atoms with Crippen LogP contribution in [0.5, 0.6) is 0 Å². The zero-order valence-corrected chi connectivity index (χ0v) is 15.9. The van der Waals surface area contributed by atoms with Crippen molar-refractivity contribution in [1.29, 1.82) is 0 Å². The summed E-state index contributed by atoms with van der Waals surface area (Å²) in [5.74, 6) is -0.526. The van der Waals surface area contributed by atoms with Gasteiger partial charge >= 0.3 is 0 Å². The largest absolute Gasteiger partial charge is 0.325 e. The fourth-order valence-corrected chi connectivity index (χ4v) is 3.55. The minimum Gasteiger partial charge on any atom is -0.325 e. The van der Waals surface area contributed by atoms with Gasteiger partial charge in [0.1, 0.15) is 5.82 Å². The maximum Gasteiger partial charge on any atom is 0.241 e. The number of Topliss-reactive ketones (excluding diaryl/α,β-unsaturated/α-hetero) is 1. The van der Waals surface area contributed by atoms with Crippen molar-refractivity contribution in [2.24, 2.45) is 5.92 Å². The molecule has 0 spiro atoms. The number of piperidine rings is 1. The molecule has 0 aromatic heterocycles. The van der Waals surface area contributed by atoms with Crippen LogP contribution in [0.25, 0.3) is 0 Å². The van der Waals surface area contributed by atoms with Crippen molar-refractivity contribution in [2.75, 3.05) is 18.4 Å². The Kier molecular flexibility index (Phi) is 6.24. The second-order valence-corrected chi connectivity index (χ2v) is 7.24. The topological polar surface area (TPSA) is 49.4 Å². The molecule has 1 heterocycles. The smallest absolute Gasteiger partial charge is 0.241 e. The molecule has 1 aliphatic rings. The van der Waals surface area contributed by atoms with Crippen molar-refractivity contribution >= 4 is 29.0 Å². The SMILES string of the molecule is CC(C(=O)Nc1ccc(F)c(Cl)c1)N1CCC(C(=O)c2ccccc2)CC1. The molecule has 1 fully saturated rings. The van der Waals surface area contributed by atoms with Crippen LogP contribution >= 0.6 is 11.6 Å². The standard InChI is InChI=1S/C21H22ClFN2O2/c1-14(21(27)24-17-7-8-19(23)18(22)13-17)25-11-9-16(10-12-25)20(26)15-5-3-2-4-6-15/h2-8,13-14,16H,9-12H2,1H3,(H,24,27). The highest BCUT2D eigenvalue weighted by Crippen LogP contribution is 2.24. The summed E-state index contributed by atoms with van der Waals surface area (Å²) < 4.78 is 13.2. The minimum absolute atomic E-state index is 0.00480. The lowest BCUT2D eigenvalue weighted by Crippen LogP contribution is -2.47. The molecule has 1 saturated heterocycles. The summed E-state index contributed by atoms with van der Waals surface area (Å²) in [6.45, 7) is 3.20. The highest BCUT2D eigenvalue weighted by atomic mass is 35.5. The van der Waals surface area contributed by atoms with E-state index in [1.54, 1.807) is 0 Å². The number of carbonyl (C=O) groups excluding carboxylic acids is 2. The maximum atomic E-state index is 13.2. The van der Waals surface area contributed by atoms with Crippen LogP contribution in [-0.2, 0) is 4.79 Å². The Bertz CT molecular complexity index is 820. The fraction of sp³-hybridized carbons (Fsp3) is 0.333. The van der Waals surface area contributed by atoms with Gasteiger partial charge in [-0.2, -0.15) is 0 Å². The first-order valence-corrected chi connectivity index (χ1v) is 9.42. The highest BCUT2D eigenvalue weighted by molar-refractivity contribution is 6.31. The van der Waals surface area contributed by atoms with Crippen LogP contribution in [-0.4, -0.2) is 35.7 Å². The number of anilines is 1. The van der Waals surface area contributed by atoms with E-state index in [9.17, 15) is 14.0 Å². The van der Waals surface area contributed by atoms with Gasteiger partial charge in [-0.15, -0.1) is 0 Å². The Morgan fingerprint density at radius 3 is 2.44 bits per heavy atom. The third kappa shape index (κ3) is 4.73. The van der Waals surface area contributed by atoms with E-state index in [2.05, 4.69) is 10.2 Å². The number of nitrogens with one attached hydrogen (secondary N) is 1. The Balaban J connectivity index is 1.54. The second-order valence-electron chi connectivity index (χ2n) is 6.83. The maximum absolute atomic E-state index is 13.2. The number of carbonyl (C=O) groups is 2. The minimum atomic E-state index is -0.520. The van der Waals surface area contributed by atoms with Crippen LogP contribution in [0.2, 0.25) is 5.02 Å². The zero-order chi connectivity index (χ0) is 19.4. The van der Waals surface area contributed by atoms with Gasteiger partial charge in [0, 0.05) is 17.2 Å².